The quantitative estimate of drug-likeness (QED) is 0.648. The second-order valence-corrected chi connectivity index (χ2v) is 7.62. The van der Waals surface area contributed by atoms with Gasteiger partial charge in [-0.3, -0.25) is 19.3 Å². The monoisotopic (exact) mass is 424 g/mol. The molecule has 1 aromatic carbocycles. The molecule has 30 heavy (non-hydrogen) atoms. The van der Waals surface area contributed by atoms with Crippen LogP contribution in [0.1, 0.15) is 39.2 Å². The molecule has 2 unspecified atom stereocenters. The number of nitrogens with one attached hydrogen (secondary N) is 1. The molecule has 7 nitrogen and oxygen atoms in total. The number of halogens is 2. The summed E-state index contributed by atoms with van der Waals surface area (Å²) in [5, 5.41) is 2.31. The highest BCUT2D eigenvalue weighted by atomic mass is 19.3. The van der Waals surface area contributed by atoms with Gasteiger partial charge in [-0.1, -0.05) is 44.2 Å². The number of alkyl halides is 2. The largest absolute Gasteiger partial charge is 0.445 e. The van der Waals surface area contributed by atoms with Gasteiger partial charge in [-0.25, -0.2) is 4.79 Å². The molecule has 164 valence electrons. The molecule has 2 amide bonds. The average Bonchev–Trinajstić information content (AvgIpc) is 3.20. The first-order chi connectivity index (χ1) is 14.1. The van der Waals surface area contributed by atoms with Crippen molar-refractivity contribution in [2.75, 3.05) is 6.54 Å². The summed E-state index contributed by atoms with van der Waals surface area (Å²) >= 11 is 0. The Kier molecular flexibility index (Phi) is 7.64. The van der Waals surface area contributed by atoms with Gasteiger partial charge in [-0.2, -0.15) is 8.78 Å². The second kappa shape index (κ2) is 9.77. The maximum Gasteiger partial charge on any atom is 0.410 e. The summed E-state index contributed by atoms with van der Waals surface area (Å²) in [6, 6.07) is 6.51. The van der Waals surface area contributed by atoms with E-state index in [1.165, 1.54) is 18.7 Å². The summed E-state index contributed by atoms with van der Waals surface area (Å²) in [5.41, 5.74) is 0.781. The zero-order valence-corrected chi connectivity index (χ0v) is 17.2. The van der Waals surface area contributed by atoms with Gasteiger partial charge in [0.15, 0.2) is 0 Å². The molecule has 2 rings (SSSR count). The van der Waals surface area contributed by atoms with Gasteiger partial charge in [0.1, 0.15) is 12.6 Å². The van der Waals surface area contributed by atoms with Crippen molar-refractivity contribution < 1.29 is 32.7 Å². The van der Waals surface area contributed by atoms with E-state index in [-0.39, 0.29) is 13.2 Å². The van der Waals surface area contributed by atoms with Crippen molar-refractivity contribution in [2.45, 2.75) is 58.2 Å². The number of Topliss-reactive ketones (excluding diaryl/α,β-unsaturated/α-hetero) is 2. The lowest BCUT2D eigenvalue weighted by atomic mass is 9.94. The molecule has 1 heterocycles. The summed E-state index contributed by atoms with van der Waals surface area (Å²) < 4.78 is 33.1. The number of nitrogens with zero attached hydrogens (tertiary/aromatic N) is 1. The highest BCUT2D eigenvalue weighted by Gasteiger charge is 2.49. The topological polar surface area (TPSA) is 92.8 Å². The Bertz CT molecular complexity index is 798. The number of carbonyl (C=O) groups is 4. The Balaban J connectivity index is 2.05. The highest BCUT2D eigenvalue weighted by molar-refractivity contribution is 6.10. The number of hydrogen-bond acceptors (Lipinski definition) is 5. The number of hydrogen-bond donors (Lipinski definition) is 1. The standard InChI is InChI=1S/C21H26F2N2O5/c1-13(2)17(18(27)21(22,23)14(3)26)24-19(28)16-10-7-11-25(16)20(29)30-12-15-8-5-4-6-9-15/h4-6,8-9,13,16-17H,7,10-12H2,1-3H3,(H,24,28). The van der Waals surface area contributed by atoms with Crippen molar-refractivity contribution in [1.82, 2.24) is 10.2 Å². The molecule has 0 saturated carbocycles. The average molecular weight is 424 g/mol. The Morgan fingerprint density at radius 1 is 1.20 bits per heavy atom. The number of likely N-dealkylation sites (tertiary alicyclic amines) is 1. The van der Waals surface area contributed by atoms with Crippen LogP contribution < -0.4 is 5.32 Å². The minimum atomic E-state index is -4.19. The summed E-state index contributed by atoms with van der Waals surface area (Å²) in [6.45, 7) is 3.90. The van der Waals surface area contributed by atoms with Crippen LogP contribution in [-0.4, -0.2) is 53.0 Å². The first-order valence-corrected chi connectivity index (χ1v) is 9.76. The van der Waals surface area contributed by atoms with E-state index >= 15 is 0 Å². The summed E-state index contributed by atoms with van der Waals surface area (Å²) in [6.07, 6.45) is 0.148. The van der Waals surface area contributed by atoms with Gasteiger partial charge in [0.05, 0.1) is 6.04 Å². The molecule has 0 bridgehead atoms. The molecule has 1 saturated heterocycles. The van der Waals surface area contributed by atoms with Crippen LogP contribution in [0.2, 0.25) is 0 Å². The van der Waals surface area contributed by atoms with Crippen molar-refractivity contribution in [3.05, 3.63) is 35.9 Å². The van der Waals surface area contributed by atoms with Crippen LogP contribution in [-0.2, 0) is 25.7 Å². The van der Waals surface area contributed by atoms with Crippen molar-refractivity contribution in [3.63, 3.8) is 0 Å². The molecule has 0 radical (unpaired) electrons. The normalized spacial score (nSPS) is 17.5. The third kappa shape index (κ3) is 5.40. The maximum atomic E-state index is 13.9. The lowest BCUT2D eigenvalue weighted by Crippen LogP contribution is -2.56. The molecular weight excluding hydrogens is 398 g/mol. The Morgan fingerprint density at radius 3 is 2.40 bits per heavy atom. The number of rotatable bonds is 8. The number of ether oxygens (including phenoxy) is 1. The van der Waals surface area contributed by atoms with Crippen LogP contribution in [0.25, 0.3) is 0 Å². The van der Waals surface area contributed by atoms with E-state index in [4.69, 9.17) is 4.74 Å². The van der Waals surface area contributed by atoms with Crippen molar-refractivity contribution in [3.8, 4) is 0 Å². The van der Waals surface area contributed by atoms with E-state index in [9.17, 15) is 28.0 Å². The van der Waals surface area contributed by atoms with Crippen LogP contribution in [0, 0.1) is 5.92 Å². The van der Waals surface area contributed by atoms with Crippen molar-refractivity contribution in [1.29, 1.82) is 0 Å². The minimum Gasteiger partial charge on any atom is -0.445 e. The van der Waals surface area contributed by atoms with Crippen LogP contribution in [0.4, 0.5) is 13.6 Å². The number of carbonyl (C=O) groups excluding carboxylic acids is 4. The summed E-state index contributed by atoms with van der Waals surface area (Å²) in [4.78, 5) is 49.7. The Labute approximate surface area is 173 Å². The number of ketones is 2. The number of amides is 2. The fourth-order valence-electron chi connectivity index (χ4n) is 3.21. The van der Waals surface area contributed by atoms with Crippen molar-refractivity contribution >= 4 is 23.6 Å². The van der Waals surface area contributed by atoms with E-state index in [0.717, 1.165) is 5.56 Å². The third-order valence-corrected chi connectivity index (χ3v) is 4.99. The number of benzene rings is 1. The molecule has 1 fully saturated rings. The molecule has 0 aromatic heterocycles. The third-order valence-electron chi connectivity index (χ3n) is 4.99. The van der Waals surface area contributed by atoms with Crippen LogP contribution >= 0.6 is 0 Å². The second-order valence-electron chi connectivity index (χ2n) is 7.62. The smallest absolute Gasteiger partial charge is 0.410 e. The fraction of sp³-hybridized carbons (Fsp3) is 0.524. The molecule has 9 heteroatoms. The molecular formula is C21H26F2N2O5. The predicted molar refractivity (Wildman–Crippen MR) is 104 cm³/mol. The first-order valence-electron chi connectivity index (χ1n) is 9.76. The van der Waals surface area contributed by atoms with Crippen LogP contribution in [0.15, 0.2) is 30.3 Å². The van der Waals surface area contributed by atoms with Gasteiger partial charge < -0.3 is 10.1 Å². The summed E-state index contributed by atoms with van der Waals surface area (Å²) in [5.74, 6) is -8.83. The molecule has 1 aliphatic heterocycles. The lowest BCUT2D eigenvalue weighted by Gasteiger charge is -2.28. The van der Waals surface area contributed by atoms with Gasteiger partial charge in [0.25, 0.3) is 0 Å². The van der Waals surface area contributed by atoms with E-state index < -0.39 is 47.5 Å². The zero-order chi connectivity index (χ0) is 22.5. The fourth-order valence-corrected chi connectivity index (χ4v) is 3.21. The van der Waals surface area contributed by atoms with Gasteiger partial charge in [-0.05, 0) is 24.3 Å². The summed E-state index contributed by atoms with van der Waals surface area (Å²) in [7, 11) is 0. The first kappa shape index (κ1) is 23.4. The van der Waals surface area contributed by atoms with Crippen LogP contribution in [0.3, 0.4) is 0 Å². The van der Waals surface area contributed by atoms with Gasteiger partial charge in [-0.15, -0.1) is 0 Å². The van der Waals surface area contributed by atoms with E-state index in [1.54, 1.807) is 24.3 Å². The Hall–Kier alpha value is -2.84. The lowest BCUT2D eigenvalue weighted by molar-refractivity contribution is -0.158. The molecule has 1 N–H and O–H groups in total. The van der Waals surface area contributed by atoms with Gasteiger partial charge in [0, 0.05) is 13.5 Å². The van der Waals surface area contributed by atoms with E-state index in [1.807, 2.05) is 6.07 Å². The maximum absolute atomic E-state index is 13.9. The van der Waals surface area contributed by atoms with Gasteiger partial charge >= 0.3 is 12.0 Å². The zero-order valence-electron chi connectivity index (χ0n) is 17.2. The van der Waals surface area contributed by atoms with Crippen molar-refractivity contribution in [2.24, 2.45) is 5.92 Å². The van der Waals surface area contributed by atoms with Crippen LogP contribution in [0.5, 0.6) is 0 Å². The molecule has 0 aliphatic carbocycles. The van der Waals surface area contributed by atoms with Gasteiger partial charge in [0.2, 0.25) is 17.5 Å². The molecule has 0 spiro atoms. The molecule has 1 aromatic rings. The highest BCUT2D eigenvalue weighted by Crippen LogP contribution is 2.23. The predicted octanol–water partition coefficient (Wildman–Crippen LogP) is 2.72. The van der Waals surface area contributed by atoms with E-state index in [0.29, 0.717) is 19.8 Å². The van der Waals surface area contributed by atoms with E-state index in [2.05, 4.69) is 5.32 Å². The SMILES string of the molecule is CC(=O)C(F)(F)C(=O)C(NC(=O)C1CCCN1C(=O)OCc1ccccc1)C(C)C. The molecule has 1 aliphatic rings. The Morgan fingerprint density at radius 2 is 1.83 bits per heavy atom. The minimum absolute atomic E-state index is 0.0302. The molecule has 2 atom stereocenters.